The highest BCUT2D eigenvalue weighted by Crippen LogP contribution is 2.16. The number of carbonyl (C=O) groups is 2. The fourth-order valence-electron chi connectivity index (χ4n) is 2.83. The van der Waals surface area contributed by atoms with Crippen LogP contribution in [-0.2, 0) is 17.8 Å². The number of hydrogen-bond acceptors (Lipinski definition) is 4. The number of benzene rings is 1. The molecule has 5 N–H and O–H groups in total. The number of aromatic nitrogens is 2. The van der Waals surface area contributed by atoms with Crippen molar-refractivity contribution < 1.29 is 9.59 Å². The molecule has 1 aliphatic heterocycles. The lowest BCUT2D eigenvalue weighted by molar-refractivity contribution is -0.133. The number of carbonyl (C=O) groups excluding carboxylic acids is 2. The second-order valence-corrected chi connectivity index (χ2v) is 6.07. The number of nitrogens with zero attached hydrogens (tertiary/aromatic N) is 2. The van der Waals surface area contributed by atoms with E-state index in [0.29, 0.717) is 24.2 Å². The first-order chi connectivity index (χ1) is 12.0. The van der Waals surface area contributed by atoms with E-state index in [1.54, 1.807) is 42.3 Å². The number of nitrogens with two attached hydrogens (primary N) is 1. The fraction of sp³-hybridized carbons (Fsp3) is 0.294. The monoisotopic (exact) mass is 340 g/mol. The first kappa shape index (κ1) is 16.7. The van der Waals surface area contributed by atoms with Crippen molar-refractivity contribution in [3.05, 3.63) is 52.8 Å². The molecule has 1 atom stereocenters. The normalized spacial score (nSPS) is 14.5. The molecule has 0 radical (unpaired) electrons. The lowest BCUT2D eigenvalue weighted by atomic mass is 10.1. The van der Waals surface area contributed by atoms with Gasteiger partial charge in [-0.05, 0) is 19.1 Å². The summed E-state index contributed by atoms with van der Waals surface area (Å²) in [4.78, 5) is 26.6. The number of nitrogens with one attached hydrogen (secondary N) is 3. The standard InChI is InChI=1S/C17H20N6O2/c1-10(17(25)23-7-6-14-13(9-23)8-20-22-14)21-16(24)12-4-2-11(3-5-12)15(18)19/h2-5,8,10H,6-7,9H2,1H3,(H3,18,19)(H,20,22)(H,21,24)/t10-/m0/s1. The molecule has 2 heterocycles. The molecule has 2 aromatic rings. The fourth-order valence-corrected chi connectivity index (χ4v) is 2.83. The third-order valence-electron chi connectivity index (χ3n) is 4.29. The summed E-state index contributed by atoms with van der Waals surface area (Å²) in [5.41, 5.74) is 8.43. The molecule has 1 aromatic heterocycles. The van der Waals surface area contributed by atoms with Gasteiger partial charge in [0.05, 0.1) is 6.20 Å². The van der Waals surface area contributed by atoms with Crippen LogP contribution in [-0.4, -0.2) is 45.3 Å². The van der Waals surface area contributed by atoms with Crippen molar-refractivity contribution in [3.8, 4) is 0 Å². The number of nitrogen functional groups attached to an aromatic ring is 1. The molecule has 0 saturated heterocycles. The van der Waals surface area contributed by atoms with Gasteiger partial charge in [-0.1, -0.05) is 12.1 Å². The Labute approximate surface area is 144 Å². The molecular weight excluding hydrogens is 320 g/mol. The van der Waals surface area contributed by atoms with Crippen molar-refractivity contribution in [2.24, 2.45) is 5.73 Å². The molecule has 2 amide bonds. The Morgan fingerprint density at radius 3 is 2.68 bits per heavy atom. The topological polar surface area (TPSA) is 128 Å². The summed E-state index contributed by atoms with van der Waals surface area (Å²) in [7, 11) is 0. The SMILES string of the molecule is C[C@H](NC(=O)c1ccc(C(=N)N)cc1)C(=O)N1CCc2[nH]ncc2C1. The van der Waals surface area contributed by atoms with Gasteiger partial charge >= 0.3 is 0 Å². The van der Waals surface area contributed by atoms with Crippen LogP contribution in [0, 0.1) is 5.41 Å². The molecule has 0 fully saturated rings. The summed E-state index contributed by atoms with van der Waals surface area (Å²) in [6, 6.07) is 5.75. The number of H-pyrrole nitrogens is 1. The predicted molar refractivity (Wildman–Crippen MR) is 92.1 cm³/mol. The average Bonchev–Trinajstić information content (AvgIpc) is 3.08. The third-order valence-corrected chi connectivity index (χ3v) is 4.29. The maximum Gasteiger partial charge on any atom is 0.251 e. The van der Waals surface area contributed by atoms with Crippen LogP contribution >= 0.6 is 0 Å². The van der Waals surface area contributed by atoms with Crippen LogP contribution in [0.15, 0.2) is 30.5 Å². The molecule has 130 valence electrons. The summed E-state index contributed by atoms with van der Waals surface area (Å²) in [5, 5.41) is 17.0. The molecule has 25 heavy (non-hydrogen) atoms. The molecular formula is C17H20N6O2. The Morgan fingerprint density at radius 2 is 2.00 bits per heavy atom. The van der Waals surface area contributed by atoms with Gasteiger partial charge in [-0.3, -0.25) is 20.1 Å². The van der Waals surface area contributed by atoms with Crippen LogP contribution in [0.1, 0.15) is 34.1 Å². The Bertz CT molecular complexity index is 811. The molecule has 0 spiro atoms. The highest BCUT2D eigenvalue weighted by Gasteiger charge is 2.26. The molecule has 1 aromatic carbocycles. The van der Waals surface area contributed by atoms with E-state index in [0.717, 1.165) is 17.7 Å². The van der Waals surface area contributed by atoms with Crippen molar-refractivity contribution in [2.75, 3.05) is 6.54 Å². The quantitative estimate of drug-likeness (QED) is 0.474. The van der Waals surface area contributed by atoms with Crippen molar-refractivity contribution in [2.45, 2.75) is 25.9 Å². The summed E-state index contributed by atoms with van der Waals surface area (Å²) in [6.45, 7) is 2.77. The van der Waals surface area contributed by atoms with Gasteiger partial charge in [-0.25, -0.2) is 0 Å². The number of hydrogen-bond donors (Lipinski definition) is 4. The van der Waals surface area contributed by atoms with Crippen LogP contribution < -0.4 is 11.1 Å². The lowest BCUT2D eigenvalue weighted by Crippen LogP contribution is -2.48. The van der Waals surface area contributed by atoms with E-state index in [2.05, 4.69) is 15.5 Å². The van der Waals surface area contributed by atoms with Gasteiger partial charge in [0.1, 0.15) is 11.9 Å². The first-order valence-corrected chi connectivity index (χ1v) is 8.01. The van der Waals surface area contributed by atoms with Gasteiger partial charge in [0.15, 0.2) is 0 Å². The van der Waals surface area contributed by atoms with E-state index >= 15 is 0 Å². The lowest BCUT2D eigenvalue weighted by Gasteiger charge is -2.29. The van der Waals surface area contributed by atoms with Gasteiger partial charge in [0.2, 0.25) is 5.91 Å². The van der Waals surface area contributed by atoms with Crippen molar-refractivity contribution in [1.82, 2.24) is 20.4 Å². The van der Waals surface area contributed by atoms with E-state index in [1.807, 2.05) is 0 Å². The zero-order valence-electron chi connectivity index (χ0n) is 13.9. The molecule has 8 nitrogen and oxygen atoms in total. The summed E-state index contributed by atoms with van der Waals surface area (Å²) >= 11 is 0. The molecule has 8 heteroatoms. The third kappa shape index (κ3) is 3.52. The van der Waals surface area contributed by atoms with Gasteiger partial charge < -0.3 is 16.0 Å². The Hall–Kier alpha value is -3.16. The number of amidine groups is 1. The Morgan fingerprint density at radius 1 is 1.32 bits per heavy atom. The second kappa shape index (κ2) is 6.76. The summed E-state index contributed by atoms with van der Waals surface area (Å²) in [6.07, 6.45) is 2.46. The number of rotatable bonds is 4. The molecule has 0 saturated carbocycles. The van der Waals surface area contributed by atoms with Crippen LogP contribution in [0.4, 0.5) is 0 Å². The second-order valence-electron chi connectivity index (χ2n) is 6.07. The largest absolute Gasteiger partial charge is 0.384 e. The minimum atomic E-state index is -0.631. The van der Waals surface area contributed by atoms with Crippen LogP contribution in [0.5, 0.6) is 0 Å². The maximum atomic E-state index is 12.6. The van der Waals surface area contributed by atoms with Gasteiger partial charge in [-0.2, -0.15) is 5.10 Å². The number of fused-ring (bicyclic) bond motifs is 1. The molecule has 1 aliphatic rings. The summed E-state index contributed by atoms with van der Waals surface area (Å²) < 4.78 is 0. The number of amides is 2. The van der Waals surface area contributed by atoms with Gasteiger partial charge in [-0.15, -0.1) is 0 Å². The van der Waals surface area contributed by atoms with Crippen molar-refractivity contribution in [3.63, 3.8) is 0 Å². The first-order valence-electron chi connectivity index (χ1n) is 8.01. The van der Waals surface area contributed by atoms with E-state index in [1.165, 1.54) is 0 Å². The highest BCUT2D eigenvalue weighted by atomic mass is 16.2. The summed E-state index contributed by atoms with van der Waals surface area (Å²) in [5.74, 6) is -0.517. The highest BCUT2D eigenvalue weighted by molar-refractivity contribution is 5.99. The van der Waals surface area contributed by atoms with Crippen LogP contribution in [0.2, 0.25) is 0 Å². The molecule has 3 rings (SSSR count). The predicted octanol–water partition coefficient (Wildman–Crippen LogP) is 0.397. The zero-order valence-corrected chi connectivity index (χ0v) is 13.9. The van der Waals surface area contributed by atoms with Crippen molar-refractivity contribution in [1.29, 1.82) is 5.41 Å². The Balaban J connectivity index is 1.61. The van der Waals surface area contributed by atoms with Crippen molar-refractivity contribution >= 4 is 17.6 Å². The number of aromatic amines is 1. The van der Waals surface area contributed by atoms with E-state index in [9.17, 15) is 9.59 Å². The molecule has 0 unspecified atom stereocenters. The molecule has 0 bridgehead atoms. The van der Waals surface area contributed by atoms with Gasteiger partial charge in [0.25, 0.3) is 5.91 Å². The van der Waals surface area contributed by atoms with E-state index in [4.69, 9.17) is 11.1 Å². The zero-order chi connectivity index (χ0) is 18.0. The minimum absolute atomic E-state index is 0.0563. The van der Waals surface area contributed by atoms with Crippen LogP contribution in [0.25, 0.3) is 0 Å². The molecule has 0 aliphatic carbocycles. The maximum absolute atomic E-state index is 12.6. The van der Waals surface area contributed by atoms with E-state index < -0.39 is 6.04 Å². The van der Waals surface area contributed by atoms with E-state index in [-0.39, 0.29) is 17.6 Å². The smallest absolute Gasteiger partial charge is 0.251 e. The minimum Gasteiger partial charge on any atom is -0.384 e. The van der Waals surface area contributed by atoms with Crippen LogP contribution in [0.3, 0.4) is 0 Å². The van der Waals surface area contributed by atoms with Gasteiger partial charge in [0, 0.05) is 41.9 Å². The average molecular weight is 340 g/mol. The Kier molecular flexibility index (Phi) is 4.51.